The van der Waals surface area contributed by atoms with E-state index in [0.29, 0.717) is 10.6 Å². The summed E-state index contributed by atoms with van der Waals surface area (Å²) in [6.45, 7) is 2.87. The van der Waals surface area contributed by atoms with Crippen molar-refractivity contribution in [2.45, 2.75) is 25.8 Å². The molecule has 1 unspecified atom stereocenters. The molecule has 0 bridgehead atoms. The van der Waals surface area contributed by atoms with Crippen LogP contribution in [0.4, 0.5) is 10.5 Å². The van der Waals surface area contributed by atoms with Crippen LogP contribution in [0.1, 0.15) is 24.3 Å². The Bertz CT molecular complexity index is 944. The molecule has 3 rings (SSSR count). The zero-order valence-electron chi connectivity index (χ0n) is 16.2. The fraction of sp³-hybridized carbons (Fsp3) is 0.300. The van der Waals surface area contributed by atoms with Crippen molar-refractivity contribution in [1.82, 2.24) is 15.5 Å². The molecule has 2 aromatic rings. The summed E-state index contributed by atoms with van der Waals surface area (Å²) < 4.78 is 0. The lowest BCUT2D eigenvalue weighted by Gasteiger charge is -2.19. The summed E-state index contributed by atoms with van der Waals surface area (Å²) in [7, 11) is 0. The minimum atomic E-state index is -1.19. The summed E-state index contributed by atoms with van der Waals surface area (Å²) in [6, 6.07) is 10.3. The number of imide groups is 1. The van der Waals surface area contributed by atoms with Crippen LogP contribution in [0.25, 0.3) is 0 Å². The standard InChI is InChI=1S/C20H22N4O4S/c1-3-13-7-4-5-8-14(13)22-16(25)11-21-17(26)12-24-18(27)20(2,23-19(24)28)15-9-6-10-29-15/h4-10H,3,11-12H2,1-2H3,(H,21,26)(H,22,25)(H,23,28). The molecule has 5 amide bonds. The Morgan fingerprint density at radius 3 is 2.59 bits per heavy atom. The van der Waals surface area contributed by atoms with Crippen molar-refractivity contribution in [2.75, 3.05) is 18.4 Å². The molecule has 152 valence electrons. The first-order valence-corrected chi connectivity index (χ1v) is 10.1. The Kier molecular flexibility index (Phi) is 5.97. The lowest BCUT2D eigenvalue weighted by molar-refractivity contribution is -0.134. The topological polar surface area (TPSA) is 108 Å². The predicted molar refractivity (Wildman–Crippen MR) is 109 cm³/mol. The lowest BCUT2D eigenvalue weighted by atomic mass is 10.0. The Balaban J connectivity index is 1.55. The second-order valence-corrected chi connectivity index (χ2v) is 7.71. The largest absolute Gasteiger partial charge is 0.345 e. The van der Waals surface area contributed by atoms with Crippen LogP contribution in [0.2, 0.25) is 0 Å². The van der Waals surface area contributed by atoms with Gasteiger partial charge in [0.2, 0.25) is 11.8 Å². The first-order valence-electron chi connectivity index (χ1n) is 9.17. The van der Waals surface area contributed by atoms with E-state index >= 15 is 0 Å². The summed E-state index contributed by atoms with van der Waals surface area (Å²) in [5.41, 5.74) is 0.488. The van der Waals surface area contributed by atoms with Crippen LogP contribution in [0, 0.1) is 0 Å². The van der Waals surface area contributed by atoms with Crippen molar-refractivity contribution in [1.29, 1.82) is 0 Å². The molecular formula is C20H22N4O4S. The summed E-state index contributed by atoms with van der Waals surface area (Å²) in [6.07, 6.45) is 0.762. The normalized spacial score (nSPS) is 18.5. The van der Waals surface area contributed by atoms with Gasteiger partial charge in [-0.1, -0.05) is 31.2 Å². The van der Waals surface area contributed by atoms with Crippen molar-refractivity contribution in [3.05, 3.63) is 52.2 Å². The molecule has 29 heavy (non-hydrogen) atoms. The molecule has 9 heteroatoms. The van der Waals surface area contributed by atoms with Gasteiger partial charge in [-0.05, 0) is 36.4 Å². The van der Waals surface area contributed by atoms with Crippen LogP contribution in [0.5, 0.6) is 0 Å². The second-order valence-electron chi connectivity index (χ2n) is 6.76. The van der Waals surface area contributed by atoms with Gasteiger partial charge in [-0.25, -0.2) is 4.79 Å². The first-order chi connectivity index (χ1) is 13.8. The SMILES string of the molecule is CCc1ccccc1NC(=O)CNC(=O)CN1C(=O)NC(C)(c2cccs2)C1=O. The number of hydrogen-bond acceptors (Lipinski definition) is 5. The van der Waals surface area contributed by atoms with Gasteiger partial charge in [-0.3, -0.25) is 19.3 Å². The Morgan fingerprint density at radius 1 is 1.14 bits per heavy atom. The molecule has 3 N–H and O–H groups in total. The number of para-hydroxylation sites is 1. The van der Waals surface area contributed by atoms with Gasteiger partial charge in [-0.15, -0.1) is 11.3 Å². The van der Waals surface area contributed by atoms with E-state index in [0.717, 1.165) is 16.9 Å². The van der Waals surface area contributed by atoms with E-state index in [2.05, 4.69) is 16.0 Å². The summed E-state index contributed by atoms with van der Waals surface area (Å²) >= 11 is 1.35. The molecular weight excluding hydrogens is 392 g/mol. The van der Waals surface area contributed by atoms with Gasteiger partial charge in [0, 0.05) is 10.6 Å². The van der Waals surface area contributed by atoms with Crippen LogP contribution in [0.3, 0.4) is 0 Å². The van der Waals surface area contributed by atoms with E-state index in [1.807, 2.05) is 30.5 Å². The number of hydrogen-bond donors (Lipinski definition) is 3. The zero-order chi connectivity index (χ0) is 21.0. The van der Waals surface area contributed by atoms with Crippen LogP contribution >= 0.6 is 11.3 Å². The summed E-state index contributed by atoms with van der Waals surface area (Å²) in [5.74, 6) is -1.48. The summed E-state index contributed by atoms with van der Waals surface area (Å²) in [4.78, 5) is 50.8. The monoisotopic (exact) mass is 414 g/mol. The number of nitrogens with zero attached hydrogens (tertiary/aromatic N) is 1. The third-order valence-corrected chi connectivity index (χ3v) is 5.80. The highest BCUT2D eigenvalue weighted by molar-refractivity contribution is 7.10. The highest BCUT2D eigenvalue weighted by Gasteiger charge is 2.50. The number of benzene rings is 1. The summed E-state index contributed by atoms with van der Waals surface area (Å²) in [5, 5.41) is 9.64. The highest BCUT2D eigenvalue weighted by atomic mass is 32.1. The lowest BCUT2D eigenvalue weighted by Crippen LogP contribution is -2.44. The van der Waals surface area contributed by atoms with E-state index in [9.17, 15) is 19.2 Å². The number of rotatable bonds is 7. The molecule has 1 atom stereocenters. The van der Waals surface area contributed by atoms with Gasteiger partial charge in [0.1, 0.15) is 6.54 Å². The molecule has 1 fully saturated rings. The number of urea groups is 1. The average Bonchev–Trinajstić information content (AvgIpc) is 3.31. The van der Waals surface area contributed by atoms with Gasteiger partial charge < -0.3 is 16.0 Å². The van der Waals surface area contributed by atoms with Crippen LogP contribution in [-0.4, -0.2) is 41.7 Å². The third kappa shape index (κ3) is 4.29. The van der Waals surface area contributed by atoms with Crippen molar-refractivity contribution in [3.8, 4) is 0 Å². The van der Waals surface area contributed by atoms with Gasteiger partial charge >= 0.3 is 6.03 Å². The smallest absolute Gasteiger partial charge is 0.325 e. The number of aryl methyl sites for hydroxylation is 1. The van der Waals surface area contributed by atoms with Crippen molar-refractivity contribution in [2.24, 2.45) is 0 Å². The van der Waals surface area contributed by atoms with Crippen molar-refractivity contribution < 1.29 is 19.2 Å². The number of anilines is 1. The van der Waals surface area contributed by atoms with Gasteiger partial charge in [0.15, 0.2) is 5.54 Å². The molecule has 1 aliphatic heterocycles. The first kappa shape index (κ1) is 20.5. The maximum Gasteiger partial charge on any atom is 0.325 e. The Hall–Kier alpha value is -3.20. The fourth-order valence-corrected chi connectivity index (χ4v) is 3.93. The predicted octanol–water partition coefficient (Wildman–Crippen LogP) is 1.83. The average molecular weight is 414 g/mol. The van der Waals surface area contributed by atoms with Gasteiger partial charge in [0.05, 0.1) is 6.54 Å². The number of carbonyl (C=O) groups is 4. The minimum Gasteiger partial charge on any atom is -0.345 e. The number of carbonyl (C=O) groups excluding carboxylic acids is 4. The number of amides is 5. The molecule has 0 spiro atoms. The molecule has 8 nitrogen and oxygen atoms in total. The minimum absolute atomic E-state index is 0.261. The number of nitrogens with one attached hydrogen (secondary N) is 3. The van der Waals surface area contributed by atoms with Crippen LogP contribution < -0.4 is 16.0 Å². The Labute approximate surface area is 172 Å². The molecule has 1 saturated heterocycles. The fourth-order valence-electron chi connectivity index (χ4n) is 3.09. The molecule has 1 aromatic heterocycles. The van der Waals surface area contributed by atoms with Crippen molar-refractivity contribution >= 4 is 40.8 Å². The van der Waals surface area contributed by atoms with E-state index in [-0.39, 0.29) is 12.5 Å². The maximum atomic E-state index is 12.7. The molecule has 0 aliphatic carbocycles. The maximum absolute atomic E-state index is 12.7. The van der Waals surface area contributed by atoms with E-state index < -0.39 is 29.9 Å². The van der Waals surface area contributed by atoms with Gasteiger partial charge in [0.25, 0.3) is 5.91 Å². The van der Waals surface area contributed by atoms with Gasteiger partial charge in [-0.2, -0.15) is 0 Å². The van der Waals surface area contributed by atoms with Crippen LogP contribution in [0.15, 0.2) is 41.8 Å². The third-order valence-electron chi connectivity index (χ3n) is 4.71. The van der Waals surface area contributed by atoms with Crippen molar-refractivity contribution in [3.63, 3.8) is 0 Å². The second kappa shape index (κ2) is 8.44. The molecule has 1 aliphatic rings. The molecule has 2 heterocycles. The molecule has 1 aromatic carbocycles. The van der Waals surface area contributed by atoms with E-state index in [4.69, 9.17) is 0 Å². The Morgan fingerprint density at radius 2 is 1.90 bits per heavy atom. The molecule has 0 saturated carbocycles. The zero-order valence-corrected chi connectivity index (χ0v) is 17.0. The number of thiophene rings is 1. The highest BCUT2D eigenvalue weighted by Crippen LogP contribution is 2.31. The molecule has 0 radical (unpaired) electrons. The quantitative estimate of drug-likeness (QED) is 0.601. The van der Waals surface area contributed by atoms with E-state index in [1.165, 1.54) is 11.3 Å². The van der Waals surface area contributed by atoms with Crippen LogP contribution in [-0.2, 0) is 26.3 Å². The van der Waals surface area contributed by atoms with E-state index in [1.54, 1.807) is 25.1 Å².